The number of rotatable bonds is 1. The minimum atomic E-state index is -3.98. The highest BCUT2D eigenvalue weighted by molar-refractivity contribution is 7.50. The molecule has 0 aromatic heterocycles. The van der Waals surface area contributed by atoms with Gasteiger partial charge < -0.3 is 32.9 Å². The Morgan fingerprint density at radius 3 is 2.52 bits per heavy atom. The van der Waals surface area contributed by atoms with Gasteiger partial charge in [-0.2, -0.15) is 4.57 Å². The van der Waals surface area contributed by atoms with E-state index in [4.69, 9.17) is 27.8 Å². The van der Waals surface area contributed by atoms with Gasteiger partial charge in [0.05, 0.1) is 18.2 Å². The molecular formula is C21H11O9P. The topological polar surface area (TPSA) is 110 Å². The molecule has 2 unspecified atom stereocenters. The van der Waals surface area contributed by atoms with Crippen LogP contribution in [0.25, 0.3) is 0 Å². The summed E-state index contributed by atoms with van der Waals surface area (Å²) in [5.41, 5.74) is 0.151. The number of hydrogen-bond acceptors (Lipinski definition) is 9. The minimum Gasteiger partial charge on any atom is -0.508 e. The van der Waals surface area contributed by atoms with Crippen molar-refractivity contribution in [3.8, 4) is 40.2 Å². The molecule has 0 fully saturated rings. The lowest BCUT2D eigenvalue weighted by Gasteiger charge is -2.37. The van der Waals surface area contributed by atoms with Gasteiger partial charge in [0.25, 0.3) is 0 Å². The molecule has 4 aliphatic heterocycles. The number of phosphoric acid groups is 1. The van der Waals surface area contributed by atoms with E-state index in [9.17, 15) is 14.5 Å². The maximum absolute atomic E-state index is 12.9. The Morgan fingerprint density at radius 2 is 1.71 bits per heavy atom. The molecule has 4 heterocycles. The molecule has 3 bridgehead atoms. The third-order valence-corrected chi connectivity index (χ3v) is 6.99. The Bertz CT molecular complexity index is 1430. The fourth-order valence-corrected chi connectivity index (χ4v) is 5.91. The highest BCUT2D eigenvalue weighted by Crippen LogP contribution is 2.76. The first-order valence-electron chi connectivity index (χ1n) is 9.26. The fraction of sp³-hybridized carbons (Fsp3) is 0.0952. The van der Waals surface area contributed by atoms with E-state index in [-0.39, 0.29) is 45.8 Å². The van der Waals surface area contributed by atoms with Crippen molar-refractivity contribution >= 4 is 13.8 Å². The third-order valence-electron chi connectivity index (χ3n) is 5.77. The van der Waals surface area contributed by atoms with E-state index in [0.29, 0.717) is 16.7 Å². The van der Waals surface area contributed by atoms with Crippen LogP contribution in [0.5, 0.6) is 40.2 Å². The van der Waals surface area contributed by atoms with Crippen LogP contribution in [0.3, 0.4) is 0 Å². The summed E-state index contributed by atoms with van der Waals surface area (Å²) in [5, 5.41) is 10.1. The Hall–Kier alpha value is -3.84. The number of phosphoric ester groups is 1. The minimum absolute atomic E-state index is 0.0112. The van der Waals surface area contributed by atoms with E-state index < -0.39 is 19.4 Å². The summed E-state index contributed by atoms with van der Waals surface area (Å²) in [6.07, 6.45) is 0. The van der Waals surface area contributed by atoms with Gasteiger partial charge in [0.1, 0.15) is 11.5 Å². The number of ether oxygens (including phenoxy) is 3. The van der Waals surface area contributed by atoms with Gasteiger partial charge in [-0.05, 0) is 18.2 Å². The summed E-state index contributed by atoms with van der Waals surface area (Å²) in [4.78, 5) is 12.9. The van der Waals surface area contributed by atoms with Crippen molar-refractivity contribution in [3.05, 3.63) is 64.7 Å². The fourth-order valence-electron chi connectivity index (χ4n) is 4.62. The molecule has 0 saturated heterocycles. The van der Waals surface area contributed by atoms with Crippen LogP contribution in [0, 0.1) is 0 Å². The van der Waals surface area contributed by atoms with Crippen LogP contribution in [0.1, 0.15) is 27.0 Å². The number of aromatic hydroxyl groups is 1. The smallest absolute Gasteiger partial charge is 0.508 e. The van der Waals surface area contributed by atoms with Crippen LogP contribution in [-0.4, -0.2) is 18.2 Å². The highest BCUT2D eigenvalue weighted by Gasteiger charge is 2.62. The number of methoxy groups -OCH3 is 1. The van der Waals surface area contributed by atoms with Crippen molar-refractivity contribution < 1.29 is 42.2 Å². The van der Waals surface area contributed by atoms with Crippen molar-refractivity contribution in [2.75, 3.05) is 7.11 Å². The molecule has 3 aromatic rings. The molecule has 2 atom stereocenters. The molecule has 4 aliphatic rings. The number of phenols is 1. The van der Waals surface area contributed by atoms with Gasteiger partial charge in [-0.3, -0.25) is 0 Å². The Kier molecular flexibility index (Phi) is 2.76. The Balaban J connectivity index is 1.67. The lowest BCUT2D eigenvalue weighted by atomic mass is 9.77. The largest absolute Gasteiger partial charge is 0.647 e. The van der Waals surface area contributed by atoms with Crippen LogP contribution in [0.4, 0.5) is 0 Å². The number of phenolic OH excluding ortho intramolecular Hbond substituents is 1. The zero-order chi connectivity index (χ0) is 21.1. The van der Waals surface area contributed by atoms with Crippen molar-refractivity contribution in [2.24, 2.45) is 0 Å². The van der Waals surface area contributed by atoms with Gasteiger partial charge in [-0.25, -0.2) is 4.79 Å². The number of fused-ring (bicyclic) bond motifs is 10. The second-order valence-electron chi connectivity index (χ2n) is 7.34. The zero-order valence-electron chi connectivity index (χ0n) is 15.7. The first-order valence-corrected chi connectivity index (χ1v) is 10.7. The molecule has 31 heavy (non-hydrogen) atoms. The lowest BCUT2D eigenvalue weighted by Crippen LogP contribution is -2.33. The van der Waals surface area contributed by atoms with Crippen LogP contribution in [0.15, 0.2) is 42.5 Å². The van der Waals surface area contributed by atoms with Gasteiger partial charge in [0.15, 0.2) is 17.1 Å². The number of carbonyl (C=O) groups is 1. The molecule has 1 N–H and O–H groups in total. The summed E-state index contributed by atoms with van der Waals surface area (Å²) in [6.45, 7) is 0. The lowest BCUT2D eigenvalue weighted by molar-refractivity contribution is 0.0220. The molecule has 154 valence electrons. The van der Waals surface area contributed by atoms with E-state index in [1.165, 1.54) is 19.2 Å². The molecule has 1 spiro atoms. The number of benzene rings is 3. The summed E-state index contributed by atoms with van der Waals surface area (Å²) < 4.78 is 47.0. The monoisotopic (exact) mass is 438 g/mol. The summed E-state index contributed by atoms with van der Waals surface area (Å²) in [7, 11) is -2.58. The average Bonchev–Trinajstić information content (AvgIpc) is 3.15. The normalized spacial score (nSPS) is 24.9. The molecule has 0 saturated carbocycles. The SMILES string of the molecule is COc1c2c3c(c4c1OP(=O)(O2)O4)C1(OC(=O)c2ccccc21)c1ccc(O)cc1O3. The van der Waals surface area contributed by atoms with Gasteiger partial charge in [-0.15, -0.1) is 0 Å². The van der Waals surface area contributed by atoms with E-state index >= 15 is 0 Å². The first-order chi connectivity index (χ1) is 14.9. The maximum Gasteiger partial charge on any atom is 0.647 e. The zero-order valence-corrected chi connectivity index (χ0v) is 16.6. The first kappa shape index (κ1) is 16.9. The summed E-state index contributed by atoms with van der Waals surface area (Å²) >= 11 is 0. The molecule has 10 heteroatoms. The van der Waals surface area contributed by atoms with E-state index in [0.717, 1.165) is 0 Å². The standard InChI is InChI=1S/C21H11O9P/c1-25-17-18-15-14(16-19(17)30-31(24,28-16)29-18)21(12-7-6-9(22)8-13(12)26-15)11-5-3-2-4-10(11)20(23)27-21/h2-8,22H,1H3. The number of esters is 1. The van der Waals surface area contributed by atoms with E-state index in [1.807, 2.05) is 0 Å². The van der Waals surface area contributed by atoms with Gasteiger partial charge >= 0.3 is 13.8 Å². The molecule has 9 nitrogen and oxygen atoms in total. The van der Waals surface area contributed by atoms with Crippen LogP contribution in [-0.2, 0) is 14.9 Å². The Labute approximate surface area is 174 Å². The van der Waals surface area contributed by atoms with Crippen molar-refractivity contribution in [2.45, 2.75) is 5.60 Å². The maximum atomic E-state index is 12.9. The van der Waals surface area contributed by atoms with Crippen LogP contribution in [0.2, 0.25) is 0 Å². The van der Waals surface area contributed by atoms with Gasteiger partial charge in [0, 0.05) is 17.2 Å². The average molecular weight is 438 g/mol. The van der Waals surface area contributed by atoms with E-state index in [1.54, 1.807) is 30.3 Å². The Morgan fingerprint density at radius 1 is 0.968 bits per heavy atom. The molecule has 0 aliphatic carbocycles. The van der Waals surface area contributed by atoms with Crippen LogP contribution < -0.4 is 23.0 Å². The molecule has 3 aromatic carbocycles. The third kappa shape index (κ3) is 1.80. The van der Waals surface area contributed by atoms with Crippen LogP contribution >= 0.6 is 7.82 Å². The van der Waals surface area contributed by atoms with Crippen molar-refractivity contribution in [3.63, 3.8) is 0 Å². The molecule has 0 radical (unpaired) electrons. The quantitative estimate of drug-likeness (QED) is 0.441. The summed E-state index contributed by atoms with van der Waals surface area (Å²) in [5.74, 6) is 0.0618. The van der Waals surface area contributed by atoms with E-state index in [2.05, 4.69) is 0 Å². The second-order valence-corrected chi connectivity index (χ2v) is 8.79. The van der Waals surface area contributed by atoms with Crippen molar-refractivity contribution in [1.29, 1.82) is 0 Å². The van der Waals surface area contributed by atoms with Gasteiger partial charge in [0.2, 0.25) is 17.2 Å². The predicted octanol–water partition coefficient (Wildman–Crippen LogP) is 4.24. The predicted molar refractivity (Wildman–Crippen MR) is 102 cm³/mol. The second kappa shape index (κ2) is 5.07. The molecule has 0 amide bonds. The molecule has 7 rings (SSSR count). The molecular weight excluding hydrogens is 427 g/mol. The highest BCUT2D eigenvalue weighted by atomic mass is 31.2. The number of hydrogen-bond donors (Lipinski definition) is 1. The number of carbonyl (C=O) groups excluding carboxylic acids is 1. The van der Waals surface area contributed by atoms with Gasteiger partial charge in [-0.1, -0.05) is 18.2 Å². The van der Waals surface area contributed by atoms with Crippen molar-refractivity contribution in [1.82, 2.24) is 0 Å². The summed E-state index contributed by atoms with van der Waals surface area (Å²) in [6, 6.07) is 11.4.